The van der Waals surface area contributed by atoms with Crippen molar-refractivity contribution in [1.82, 2.24) is 0 Å². The highest BCUT2D eigenvalue weighted by Crippen LogP contribution is 2.46. The lowest BCUT2D eigenvalue weighted by Gasteiger charge is -2.23. The molecule has 0 fully saturated rings. The van der Waals surface area contributed by atoms with Crippen molar-refractivity contribution in [2.45, 2.75) is 0 Å². The fraction of sp³-hybridized carbons (Fsp3) is 0. The Morgan fingerprint density at radius 2 is 1.75 bits per heavy atom. The van der Waals surface area contributed by atoms with Gasteiger partial charge in [-0.3, -0.25) is 0 Å². The van der Waals surface area contributed by atoms with Crippen molar-refractivity contribution in [3.8, 4) is 17.2 Å². The van der Waals surface area contributed by atoms with Gasteiger partial charge in [-0.05, 0) is 34.5 Å². The van der Waals surface area contributed by atoms with E-state index in [1.54, 1.807) is 12.1 Å². The zero-order valence-corrected chi connectivity index (χ0v) is 10.8. The van der Waals surface area contributed by atoms with Crippen LogP contribution >= 0.6 is 0 Å². The van der Waals surface area contributed by atoms with E-state index in [9.17, 15) is 5.11 Å². The van der Waals surface area contributed by atoms with Gasteiger partial charge in [-0.1, -0.05) is 36.9 Å². The van der Waals surface area contributed by atoms with Gasteiger partial charge in [0.05, 0.1) is 0 Å². The molecule has 0 aliphatic carbocycles. The van der Waals surface area contributed by atoms with Crippen LogP contribution < -0.4 is 4.74 Å². The van der Waals surface area contributed by atoms with E-state index in [-0.39, 0.29) is 5.75 Å². The van der Waals surface area contributed by atoms with Gasteiger partial charge in [-0.25, -0.2) is 0 Å². The van der Waals surface area contributed by atoms with Gasteiger partial charge in [0.2, 0.25) is 0 Å². The second-order valence-corrected chi connectivity index (χ2v) is 4.92. The van der Waals surface area contributed by atoms with E-state index in [1.165, 1.54) is 5.39 Å². The van der Waals surface area contributed by atoms with Crippen molar-refractivity contribution >= 4 is 16.3 Å². The van der Waals surface area contributed by atoms with E-state index in [2.05, 4.69) is 18.7 Å². The van der Waals surface area contributed by atoms with Crippen molar-refractivity contribution in [3.05, 3.63) is 72.3 Å². The molecule has 0 amide bonds. The van der Waals surface area contributed by atoms with E-state index in [4.69, 9.17) is 4.74 Å². The largest absolute Gasteiger partial charge is 0.508 e. The first kappa shape index (κ1) is 11.1. The number of fused-ring (bicyclic) bond motifs is 4. The summed E-state index contributed by atoms with van der Waals surface area (Å²) in [5, 5.41) is 11.9. The van der Waals surface area contributed by atoms with Gasteiger partial charge >= 0.3 is 0 Å². The monoisotopic (exact) mass is 260 g/mol. The van der Waals surface area contributed by atoms with Crippen LogP contribution in [0.4, 0.5) is 0 Å². The Morgan fingerprint density at radius 1 is 0.900 bits per heavy atom. The molecule has 0 saturated carbocycles. The molecular weight excluding hydrogens is 248 g/mol. The molecule has 0 spiro atoms. The lowest BCUT2D eigenvalue weighted by atomic mass is 9.91. The van der Waals surface area contributed by atoms with Crippen LogP contribution in [0.3, 0.4) is 0 Å². The van der Waals surface area contributed by atoms with Crippen molar-refractivity contribution in [2.75, 3.05) is 0 Å². The summed E-state index contributed by atoms with van der Waals surface area (Å²) in [5.41, 5.74) is 2.88. The molecule has 0 unspecified atom stereocenters. The van der Waals surface area contributed by atoms with E-state index in [0.29, 0.717) is 5.75 Å². The molecule has 1 aliphatic rings. The number of hydrogen-bond acceptors (Lipinski definition) is 2. The SMILES string of the molecule is C=C1c2ccc(O)cc2Oc2ccc3ccccc3c21. The number of hydrogen-bond donors (Lipinski definition) is 1. The van der Waals surface area contributed by atoms with Crippen molar-refractivity contribution in [1.29, 1.82) is 0 Å². The highest BCUT2D eigenvalue weighted by atomic mass is 16.5. The second-order valence-electron chi connectivity index (χ2n) is 4.92. The predicted octanol–water partition coefficient (Wildman–Crippen LogP) is 4.71. The molecule has 1 heterocycles. The fourth-order valence-electron chi connectivity index (χ4n) is 2.75. The predicted molar refractivity (Wildman–Crippen MR) is 80.3 cm³/mol. The molecule has 1 aliphatic heterocycles. The lowest BCUT2D eigenvalue weighted by Crippen LogP contribution is -2.02. The van der Waals surface area contributed by atoms with Crippen molar-refractivity contribution in [3.63, 3.8) is 0 Å². The molecule has 96 valence electrons. The quantitative estimate of drug-likeness (QED) is 0.496. The van der Waals surface area contributed by atoms with Gasteiger partial charge in [-0.15, -0.1) is 0 Å². The third-order valence-corrected chi connectivity index (χ3v) is 3.70. The van der Waals surface area contributed by atoms with Crippen LogP contribution in [0.15, 0.2) is 61.2 Å². The van der Waals surface area contributed by atoms with Gasteiger partial charge in [0.25, 0.3) is 0 Å². The molecule has 20 heavy (non-hydrogen) atoms. The fourth-order valence-corrected chi connectivity index (χ4v) is 2.75. The standard InChI is InChI=1S/C18H12O2/c1-11-14-8-7-13(19)10-17(14)20-16-9-6-12-4-2-3-5-15(12)18(11)16/h2-10,19H,1H2. The zero-order chi connectivity index (χ0) is 13.7. The normalized spacial score (nSPS) is 12.7. The average Bonchev–Trinajstić information content (AvgIpc) is 2.46. The first-order valence-corrected chi connectivity index (χ1v) is 6.46. The number of rotatable bonds is 0. The summed E-state index contributed by atoms with van der Waals surface area (Å²) in [6, 6.07) is 17.3. The maximum Gasteiger partial charge on any atom is 0.138 e. The summed E-state index contributed by atoms with van der Waals surface area (Å²) < 4.78 is 5.92. The van der Waals surface area contributed by atoms with Crippen LogP contribution in [0, 0.1) is 0 Å². The third kappa shape index (κ3) is 1.45. The topological polar surface area (TPSA) is 29.5 Å². The third-order valence-electron chi connectivity index (χ3n) is 3.70. The molecule has 0 radical (unpaired) electrons. The highest BCUT2D eigenvalue weighted by Gasteiger charge is 2.22. The van der Waals surface area contributed by atoms with E-state index in [1.807, 2.05) is 30.3 Å². The molecule has 3 aromatic carbocycles. The van der Waals surface area contributed by atoms with E-state index in [0.717, 1.165) is 27.8 Å². The summed E-state index contributed by atoms with van der Waals surface area (Å²) in [4.78, 5) is 0. The van der Waals surface area contributed by atoms with Crippen LogP contribution in [0.5, 0.6) is 17.2 Å². The number of phenols is 1. The summed E-state index contributed by atoms with van der Waals surface area (Å²) in [6.45, 7) is 4.22. The molecule has 3 aromatic rings. The van der Waals surface area contributed by atoms with Crippen LogP contribution in [-0.4, -0.2) is 5.11 Å². The van der Waals surface area contributed by atoms with Gasteiger partial charge in [0.15, 0.2) is 0 Å². The molecular formula is C18H12O2. The first-order chi connectivity index (χ1) is 9.74. The van der Waals surface area contributed by atoms with Crippen molar-refractivity contribution < 1.29 is 9.84 Å². The van der Waals surface area contributed by atoms with Crippen molar-refractivity contribution in [2.24, 2.45) is 0 Å². The Morgan fingerprint density at radius 3 is 2.65 bits per heavy atom. The second kappa shape index (κ2) is 3.87. The molecule has 2 nitrogen and oxygen atoms in total. The molecule has 0 aromatic heterocycles. The maximum atomic E-state index is 9.58. The molecule has 0 bridgehead atoms. The zero-order valence-electron chi connectivity index (χ0n) is 10.8. The molecule has 1 N–H and O–H groups in total. The van der Waals surface area contributed by atoms with E-state index < -0.39 is 0 Å². The minimum atomic E-state index is 0.195. The van der Waals surface area contributed by atoms with Gasteiger partial charge in [0.1, 0.15) is 17.2 Å². The Labute approximate surface area is 116 Å². The van der Waals surface area contributed by atoms with Crippen LogP contribution in [-0.2, 0) is 0 Å². The minimum absolute atomic E-state index is 0.195. The van der Waals surface area contributed by atoms with Crippen LogP contribution in [0.2, 0.25) is 0 Å². The summed E-state index contributed by atoms with van der Waals surface area (Å²) >= 11 is 0. The Kier molecular flexibility index (Phi) is 2.15. The number of ether oxygens (including phenoxy) is 1. The molecule has 0 atom stereocenters. The summed E-state index contributed by atoms with van der Waals surface area (Å²) in [5.74, 6) is 1.63. The first-order valence-electron chi connectivity index (χ1n) is 6.46. The van der Waals surface area contributed by atoms with Gasteiger partial charge < -0.3 is 9.84 Å². The summed E-state index contributed by atoms with van der Waals surface area (Å²) in [6.07, 6.45) is 0. The molecule has 4 rings (SSSR count). The average molecular weight is 260 g/mol. The molecule has 2 heteroatoms. The summed E-state index contributed by atoms with van der Waals surface area (Å²) in [7, 11) is 0. The van der Waals surface area contributed by atoms with Crippen LogP contribution in [0.25, 0.3) is 16.3 Å². The number of phenolic OH excluding ortho intramolecular Hbond substituents is 1. The van der Waals surface area contributed by atoms with Gasteiger partial charge in [-0.2, -0.15) is 0 Å². The van der Waals surface area contributed by atoms with E-state index >= 15 is 0 Å². The lowest BCUT2D eigenvalue weighted by molar-refractivity contribution is 0.451. The minimum Gasteiger partial charge on any atom is -0.508 e. The number of benzene rings is 3. The Hall–Kier alpha value is -2.74. The highest BCUT2D eigenvalue weighted by molar-refractivity contribution is 6.01. The molecule has 0 saturated heterocycles. The Balaban J connectivity index is 2.03. The van der Waals surface area contributed by atoms with Gasteiger partial charge in [0, 0.05) is 17.2 Å². The maximum absolute atomic E-state index is 9.58. The van der Waals surface area contributed by atoms with Crippen LogP contribution in [0.1, 0.15) is 11.1 Å². The Bertz CT molecular complexity index is 862. The number of aromatic hydroxyl groups is 1. The smallest absolute Gasteiger partial charge is 0.138 e.